The van der Waals surface area contributed by atoms with Gasteiger partial charge in [-0.25, -0.2) is 0 Å². The number of likely N-dealkylation sites (N-methyl/N-ethyl adjacent to an activating group) is 1. The van der Waals surface area contributed by atoms with Gasteiger partial charge < -0.3 is 15.2 Å². The minimum Gasteiger partial charge on any atom is -0.365 e. The number of nitrogens with two attached hydrogens (primary N) is 1. The van der Waals surface area contributed by atoms with E-state index in [1.165, 1.54) is 0 Å². The minimum atomic E-state index is 0.207. The lowest BCUT2D eigenvalue weighted by molar-refractivity contribution is 0.345. The molecule has 1 aromatic heterocycles. The molecule has 1 heterocycles. The van der Waals surface area contributed by atoms with Crippen molar-refractivity contribution in [2.24, 2.45) is 0 Å². The molecule has 0 spiro atoms. The maximum Gasteiger partial charge on any atom is 0.260 e. The van der Waals surface area contributed by atoms with E-state index in [0.717, 1.165) is 13.0 Å². The van der Waals surface area contributed by atoms with Gasteiger partial charge in [-0.2, -0.15) is 4.98 Å². The van der Waals surface area contributed by atoms with Gasteiger partial charge in [0.15, 0.2) is 0 Å². The molecule has 0 aliphatic carbocycles. The second-order valence-electron chi connectivity index (χ2n) is 2.60. The summed E-state index contributed by atoms with van der Waals surface area (Å²) in [5.74, 6) is 0.801. The molecule has 0 aliphatic heterocycles. The zero-order chi connectivity index (χ0) is 8.27. The van der Waals surface area contributed by atoms with Gasteiger partial charge >= 0.3 is 0 Å². The molecule has 0 atom stereocenters. The van der Waals surface area contributed by atoms with Crippen LogP contribution in [0.4, 0.5) is 5.95 Å². The lowest BCUT2D eigenvalue weighted by Gasteiger charge is -2.05. The van der Waals surface area contributed by atoms with Gasteiger partial charge in [0, 0.05) is 13.0 Å². The molecule has 2 N–H and O–H groups in total. The van der Waals surface area contributed by atoms with E-state index in [1.807, 2.05) is 19.0 Å². The molecule has 11 heavy (non-hydrogen) atoms. The Bertz CT molecular complexity index is 220. The fourth-order valence-electron chi connectivity index (χ4n) is 0.689. The van der Waals surface area contributed by atoms with E-state index >= 15 is 0 Å². The fraction of sp³-hybridized carbons (Fsp3) is 0.667. The van der Waals surface area contributed by atoms with E-state index in [4.69, 9.17) is 10.3 Å². The Morgan fingerprint density at radius 3 is 2.73 bits per heavy atom. The number of nitrogens with zero attached hydrogens (tertiary/aromatic N) is 3. The Balaban J connectivity index is 2.39. The first-order chi connectivity index (χ1) is 5.18. The van der Waals surface area contributed by atoms with Crippen molar-refractivity contribution in [3.8, 4) is 0 Å². The van der Waals surface area contributed by atoms with Crippen LogP contribution in [0, 0.1) is 0 Å². The first kappa shape index (κ1) is 8.00. The van der Waals surface area contributed by atoms with Crippen LogP contribution < -0.4 is 5.73 Å². The Kier molecular flexibility index (Phi) is 2.43. The van der Waals surface area contributed by atoms with Crippen LogP contribution in [0.2, 0.25) is 0 Å². The van der Waals surface area contributed by atoms with Crippen molar-refractivity contribution in [1.29, 1.82) is 0 Å². The van der Waals surface area contributed by atoms with E-state index in [-0.39, 0.29) is 5.95 Å². The highest BCUT2D eigenvalue weighted by molar-refractivity contribution is 5.10. The fourth-order valence-corrected chi connectivity index (χ4v) is 0.689. The van der Waals surface area contributed by atoms with Crippen molar-refractivity contribution < 1.29 is 4.52 Å². The second-order valence-corrected chi connectivity index (χ2v) is 2.60. The van der Waals surface area contributed by atoms with E-state index < -0.39 is 0 Å². The maximum absolute atomic E-state index is 5.26. The zero-order valence-corrected chi connectivity index (χ0v) is 6.74. The van der Waals surface area contributed by atoms with E-state index in [0.29, 0.717) is 5.89 Å². The van der Waals surface area contributed by atoms with Crippen LogP contribution in [0.15, 0.2) is 4.52 Å². The molecule has 0 unspecified atom stereocenters. The number of hydrogen-bond acceptors (Lipinski definition) is 5. The molecule has 0 fully saturated rings. The first-order valence-electron chi connectivity index (χ1n) is 3.41. The predicted molar refractivity (Wildman–Crippen MR) is 41.0 cm³/mol. The van der Waals surface area contributed by atoms with Crippen molar-refractivity contribution in [3.05, 3.63) is 5.89 Å². The molecule has 1 aromatic rings. The summed E-state index contributed by atoms with van der Waals surface area (Å²) < 4.78 is 4.80. The van der Waals surface area contributed by atoms with Crippen molar-refractivity contribution in [2.45, 2.75) is 6.42 Å². The van der Waals surface area contributed by atoms with Gasteiger partial charge in [-0.3, -0.25) is 0 Å². The molecule has 0 amide bonds. The third-order valence-corrected chi connectivity index (χ3v) is 1.26. The first-order valence-corrected chi connectivity index (χ1v) is 3.41. The Morgan fingerprint density at radius 2 is 2.27 bits per heavy atom. The van der Waals surface area contributed by atoms with Gasteiger partial charge in [-0.05, 0) is 19.3 Å². The van der Waals surface area contributed by atoms with E-state index in [1.54, 1.807) is 0 Å². The molecule has 1 rings (SSSR count). The van der Waals surface area contributed by atoms with Gasteiger partial charge in [0.05, 0.1) is 0 Å². The van der Waals surface area contributed by atoms with Gasteiger partial charge in [-0.15, -0.1) is 0 Å². The van der Waals surface area contributed by atoms with Crippen molar-refractivity contribution in [1.82, 2.24) is 15.0 Å². The third kappa shape index (κ3) is 2.55. The predicted octanol–water partition coefficient (Wildman–Crippen LogP) is -0.244. The van der Waals surface area contributed by atoms with Crippen LogP contribution >= 0.6 is 0 Å². The smallest absolute Gasteiger partial charge is 0.260 e. The maximum atomic E-state index is 5.26. The summed E-state index contributed by atoms with van der Waals surface area (Å²) in [6, 6.07) is 0. The van der Waals surface area contributed by atoms with Gasteiger partial charge in [0.25, 0.3) is 5.95 Å². The summed E-state index contributed by atoms with van der Waals surface area (Å²) in [6.07, 6.45) is 0.747. The van der Waals surface area contributed by atoms with Crippen LogP contribution in [0.25, 0.3) is 0 Å². The number of nitrogen functional groups attached to an aromatic ring is 1. The van der Waals surface area contributed by atoms with Crippen molar-refractivity contribution in [2.75, 3.05) is 26.4 Å². The van der Waals surface area contributed by atoms with Gasteiger partial charge in [-0.1, -0.05) is 0 Å². The Labute approximate surface area is 65.2 Å². The van der Waals surface area contributed by atoms with Crippen LogP contribution in [-0.4, -0.2) is 35.7 Å². The third-order valence-electron chi connectivity index (χ3n) is 1.26. The average molecular weight is 156 g/mol. The van der Waals surface area contributed by atoms with E-state index in [9.17, 15) is 0 Å². The average Bonchev–Trinajstić information content (AvgIpc) is 2.31. The molecule has 0 aromatic carbocycles. The molecule has 0 saturated carbocycles. The molecular weight excluding hydrogens is 144 g/mol. The Hall–Kier alpha value is -1.10. The quantitative estimate of drug-likeness (QED) is 0.654. The molecular formula is C6H12N4O. The topological polar surface area (TPSA) is 68.2 Å². The zero-order valence-electron chi connectivity index (χ0n) is 6.74. The van der Waals surface area contributed by atoms with Crippen LogP contribution in [0.1, 0.15) is 5.89 Å². The van der Waals surface area contributed by atoms with Crippen molar-refractivity contribution >= 4 is 5.95 Å². The highest BCUT2D eigenvalue weighted by atomic mass is 16.5. The molecule has 0 aliphatic rings. The molecule has 5 heteroatoms. The lowest BCUT2D eigenvalue weighted by Crippen LogP contribution is -2.15. The SMILES string of the molecule is CN(C)CCc1nc(N)no1. The van der Waals surface area contributed by atoms with Crippen LogP contribution in [0.3, 0.4) is 0 Å². The lowest BCUT2D eigenvalue weighted by atomic mass is 10.4. The van der Waals surface area contributed by atoms with Gasteiger partial charge in [0.2, 0.25) is 5.89 Å². The molecule has 0 saturated heterocycles. The summed E-state index contributed by atoms with van der Waals surface area (Å²) in [4.78, 5) is 5.90. The largest absolute Gasteiger partial charge is 0.365 e. The summed E-state index contributed by atoms with van der Waals surface area (Å²) >= 11 is 0. The molecule has 62 valence electrons. The normalized spacial score (nSPS) is 10.8. The monoisotopic (exact) mass is 156 g/mol. The summed E-state index contributed by atoms with van der Waals surface area (Å²) in [5, 5.41) is 3.47. The summed E-state index contributed by atoms with van der Waals surface area (Å²) in [6.45, 7) is 0.891. The number of anilines is 1. The number of aromatic nitrogens is 2. The number of rotatable bonds is 3. The Morgan fingerprint density at radius 1 is 1.55 bits per heavy atom. The van der Waals surface area contributed by atoms with Gasteiger partial charge in [0.1, 0.15) is 0 Å². The standard InChI is InChI=1S/C6H12N4O/c1-10(2)4-3-5-8-6(7)9-11-5/h3-4H2,1-2H3,(H2,7,9). The highest BCUT2D eigenvalue weighted by Gasteiger charge is 2.02. The molecule has 5 nitrogen and oxygen atoms in total. The minimum absolute atomic E-state index is 0.207. The van der Waals surface area contributed by atoms with Crippen LogP contribution in [0.5, 0.6) is 0 Å². The highest BCUT2D eigenvalue weighted by Crippen LogP contribution is 1.98. The van der Waals surface area contributed by atoms with Crippen LogP contribution in [-0.2, 0) is 6.42 Å². The van der Waals surface area contributed by atoms with Crippen molar-refractivity contribution in [3.63, 3.8) is 0 Å². The summed E-state index contributed by atoms with van der Waals surface area (Å²) in [7, 11) is 3.97. The molecule has 0 radical (unpaired) electrons. The second kappa shape index (κ2) is 3.34. The number of hydrogen-bond donors (Lipinski definition) is 1. The molecule has 0 bridgehead atoms. The van der Waals surface area contributed by atoms with E-state index in [2.05, 4.69) is 10.1 Å². The summed E-state index contributed by atoms with van der Waals surface area (Å²) in [5.41, 5.74) is 5.26.